The minimum atomic E-state index is 0.873. The van der Waals surface area contributed by atoms with E-state index in [1.165, 1.54) is 43.8 Å². The molecule has 1 heteroatoms. The van der Waals surface area contributed by atoms with Crippen LogP contribution in [-0.2, 0) is 0 Å². The SMILES string of the molecule is c1ccc(-c2cccc3c2Oc2c(-c4ccccc4)cccc2-c2cc(-c4c5ccccc5c(-c5ccccc5)c5ccccc45)ccc2-3)cc1. The van der Waals surface area contributed by atoms with Crippen LogP contribution in [-0.4, -0.2) is 0 Å². The second-order valence-corrected chi connectivity index (χ2v) is 13.2. The Bertz CT molecular complexity index is 2690. The number of hydrogen-bond donors (Lipinski definition) is 0. The van der Waals surface area contributed by atoms with Crippen LogP contribution in [0.25, 0.3) is 88.3 Å². The van der Waals surface area contributed by atoms with Crippen LogP contribution in [0.2, 0.25) is 0 Å². The van der Waals surface area contributed by atoms with Gasteiger partial charge in [-0.25, -0.2) is 0 Å². The molecule has 0 bridgehead atoms. The number of rotatable bonds is 4. The van der Waals surface area contributed by atoms with Crippen molar-refractivity contribution in [3.05, 3.63) is 194 Å². The second kappa shape index (κ2) is 12.0. The molecule has 0 saturated carbocycles. The van der Waals surface area contributed by atoms with Crippen molar-refractivity contribution in [1.29, 1.82) is 0 Å². The molecule has 1 nitrogen and oxygen atoms in total. The first-order chi connectivity index (χ1) is 25.3. The average molecular weight is 649 g/mol. The van der Waals surface area contributed by atoms with Gasteiger partial charge in [0.25, 0.3) is 0 Å². The lowest BCUT2D eigenvalue weighted by molar-refractivity contribution is 0.491. The Morgan fingerprint density at radius 3 is 1.12 bits per heavy atom. The highest BCUT2D eigenvalue weighted by molar-refractivity contribution is 6.21. The van der Waals surface area contributed by atoms with Gasteiger partial charge in [-0.2, -0.15) is 0 Å². The van der Waals surface area contributed by atoms with E-state index in [1.54, 1.807) is 0 Å². The van der Waals surface area contributed by atoms with E-state index in [4.69, 9.17) is 4.74 Å². The predicted octanol–water partition coefficient (Wildman–Crippen LogP) is 14.1. The number of para-hydroxylation sites is 2. The lowest BCUT2D eigenvalue weighted by Crippen LogP contribution is -1.93. The average Bonchev–Trinajstić information content (AvgIpc) is 3.35. The van der Waals surface area contributed by atoms with Crippen LogP contribution in [0.4, 0.5) is 0 Å². The van der Waals surface area contributed by atoms with Crippen molar-refractivity contribution < 1.29 is 4.74 Å². The first-order valence-electron chi connectivity index (χ1n) is 17.5. The van der Waals surface area contributed by atoms with E-state index in [2.05, 4.69) is 194 Å². The molecule has 0 N–H and O–H groups in total. The molecule has 0 aromatic heterocycles. The monoisotopic (exact) mass is 648 g/mol. The number of ether oxygens (including phenoxy) is 1. The highest BCUT2D eigenvalue weighted by atomic mass is 16.5. The zero-order valence-electron chi connectivity index (χ0n) is 27.9. The minimum Gasteiger partial charge on any atom is -0.455 e. The van der Waals surface area contributed by atoms with Crippen molar-refractivity contribution >= 4 is 21.5 Å². The minimum absolute atomic E-state index is 0.873. The van der Waals surface area contributed by atoms with Gasteiger partial charge in [0.1, 0.15) is 11.5 Å². The van der Waals surface area contributed by atoms with Gasteiger partial charge in [0.15, 0.2) is 0 Å². The van der Waals surface area contributed by atoms with E-state index in [0.717, 1.165) is 56.0 Å². The molecule has 0 amide bonds. The number of hydrogen-bond acceptors (Lipinski definition) is 1. The molecule has 10 rings (SSSR count). The Kier molecular flexibility index (Phi) is 6.89. The fraction of sp³-hybridized carbons (Fsp3) is 0. The Morgan fingerprint density at radius 1 is 0.235 bits per heavy atom. The molecule has 0 spiro atoms. The fourth-order valence-corrected chi connectivity index (χ4v) is 8.02. The highest BCUT2D eigenvalue weighted by Gasteiger charge is 2.27. The summed E-state index contributed by atoms with van der Waals surface area (Å²) in [7, 11) is 0. The van der Waals surface area contributed by atoms with Gasteiger partial charge in [0.2, 0.25) is 0 Å². The molecule has 0 atom stereocenters. The fourth-order valence-electron chi connectivity index (χ4n) is 8.02. The van der Waals surface area contributed by atoms with E-state index < -0.39 is 0 Å². The zero-order valence-corrected chi connectivity index (χ0v) is 27.9. The van der Waals surface area contributed by atoms with E-state index in [-0.39, 0.29) is 0 Å². The Morgan fingerprint density at radius 2 is 0.627 bits per heavy atom. The van der Waals surface area contributed by atoms with E-state index in [9.17, 15) is 0 Å². The van der Waals surface area contributed by atoms with Crippen LogP contribution in [0.5, 0.6) is 11.5 Å². The number of benzene rings is 9. The summed E-state index contributed by atoms with van der Waals surface area (Å²) in [4.78, 5) is 0. The third kappa shape index (κ3) is 4.78. The molecule has 9 aromatic rings. The standard InChI is InChI=1S/C50H32O/c1-4-16-33(17-5-1)37-26-14-28-44-39-31-30-36(32-46(39)45-29-15-27-38(50(45)51-49(37)44)34-18-6-2-7-19-34)48-42-24-12-10-22-40(42)47(35-20-8-3-9-21-35)41-23-11-13-25-43(41)48/h1-32H. The molecular weight excluding hydrogens is 617 g/mol. The summed E-state index contributed by atoms with van der Waals surface area (Å²) in [6, 6.07) is 69.8. The summed E-state index contributed by atoms with van der Waals surface area (Å²) in [5.74, 6) is 1.75. The van der Waals surface area contributed by atoms with Crippen molar-refractivity contribution in [3.63, 3.8) is 0 Å². The maximum Gasteiger partial charge on any atom is 0.143 e. The third-order valence-electron chi connectivity index (χ3n) is 10.3. The molecule has 0 fully saturated rings. The van der Waals surface area contributed by atoms with Crippen molar-refractivity contribution in [1.82, 2.24) is 0 Å². The molecule has 238 valence electrons. The smallest absolute Gasteiger partial charge is 0.143 e. The van der Waals surface area contributed by atoms with Gasteiger partial charge in [-0.15, -0.1) is 0 Å². The third-order valence-corrected chi connectivity index (χ3v) is 10.3. The highest BCUT2D eigenvalue weighted by Crippen LogP contribution is 2.54. The first-order valence-corrected chi connectivity index (χ1v) is 17.5. The zero-order chi connectivity index (χ0) is 33.7. The molecule has 0 unspecified atom stereocenters. The van der Waals surface area contributed by atoms with Crippen LogP contribution < -0.4 is 4.74 Å². The molecule has 0 aliphatic carbocycles. The summed E-state index contributed by atoms with van der Waals surface area (Å²) >= 11 is 0. The second-order valence-electron chi connectivity index (χ2n) is 13.2. The van der Waals surface area contributed by atoms with Crippen LogP contribution in [0.1, 0.15) is 0 Å². The largest absolute Gasteiger partial charge is 0.455 e. The summed E-state index contributed by atoms with van der Waals surface area (Å²) in [5.41, 5.74) is 13.8. The maximum atomic E-state index is 7.21. The van der Waals surface area contributed by atoms with Gasteiger partial charge in [-0.1, -0.05) is 188 Å². The van der Waals surface area contributed by atoms with Crippen LogP contribution in [0, 0.1) is 0 Å². The summed E-state index contributed by atoms with van der Waals surface area (Å²) in [6.45, 7) is 0. The van der Waals surface area contributed by atoms with Gasteiger partial charge in [-0.3, -0.25) is 0 Å². The van der Waals surface area contributed by atoms with Crippen molar-refractivity contribution in [2.45, 2.75) is 0 Å². The molecule has 1 aliphatic heterocycles. The van der Waals surface area contributed by atoms with Crippen LogP contribution in [0.3, 0.4) is 0 Å². The first kappa shape index (κ1) is 29.2. The number of fused-ring (bicyclic) bond motifs is 7. The lowest BCUT2D eigenvalue weighted by Gasteiger charge is -2.19. The summed E-state index contributed by atoms with van der Waals surface area (Å²) in [5, 5.41) is 4.98. The van der Waals surface area contributed by atoms with Crippen LogP contribution in [0.15, 0.2) is 194 Å². The van der Waals surface area contributed by atoms with Crippen molar-refractivity contribution in [3.8, 4) is 78.3 Å². The molecule has 1 heterocycles. The molecule has 9 aromatic carbocycles. The summed E-state index contributed by atoms with van der Waals surface area (Å²) < 4.78 is 7.21. The topological polar surface area (TPSA) is 9.23 Å². The Labute approximate surface area is 297 Å². The van der Waals surface area contributed by atoms with E-state index >= 15 is 0 Å². The van der Waals surface area contributed by atoms with Gasteiger partial charge < -0.3 is 4.74 Å². The molecular formula is C50H32O. The normalized spacial score (nSPS) is 11.7. The van der Waals surface area contributed by atoms with Gasteiger partial charge in [0.05, 0.1) is 0 Å². The molecule has 1 aliphatic rings. The van der Waals surface area contributed by atoms with Gasteiger partial charge >= 0.3 is 0 Å². The Hall–Kier alpha value is -6.70. The maximum absolute atomic E-state index is 7.21. The summed E-state index contributed by atoms with van der Waals surface area (Å²) in [6.07, 6.45) is 0. The molecule has 0 saturated heterocycles. The lowest BCUT2D eigenvalue weighted by atomic mass is 9.84. The van der Waals surface area contributed by atoms with Crippen molar-refractivity contribution in [2.75, 3.05) is 0 Å². The van der Waals surface area contributed by atoms with E-state index in [0.29, 0.717) is 0 Å². The molecule has 51 heavy (non-hydrogen) atoms. The van der Waals surface area contributed by atoms with E-state index in [1.807, 2.05) is 0 Å². The quantitative estimate of drug-likeness (QED) is 0.173. The van der Waals surface area contributed by atoms with Crippen molar-refractivity contribution in [2.24, 2.45) is 0 Å². The van der Waals surface area contributed by atoms with Crippen LogP contribution >= 0.6 is 0 Å². The van der Waals surface area contributed by atoms with Gasteiger partial charge in [-0.05, 0) is 72.1 Å². The predicted molar refractivity (Wildman–Crippen MR) is 214 cm³/mol. The Balaban J connectivity index is 1.29. The van der Waals surface area contributed by atoms with Gasteiger partial charge in [0, 0.05) is 22.3 Å². The molecule has 0 radical (unpaired) electrons.